The van der Waals surface area contributed by atoms with E-state index < -0.39 is 12.6 Å². The maximum Gasteiger partial charge on any atom is 0.393 e. The molecule has 0 radical (unpaired) electrons. The fourth-order valence-corrected chi connectivity index (χ4v) is 2.68. The van der Waals surface area contributed by atoms with Crippen molar-refractivity contribution in [1.29, 1.82) is 0 Å². The van der Waals surface area contributed by atoms with E-state index in [1.807, 2.05) is 0 Å². The highest BCUT2D eigenvalue weighted by Crippen LogP contribution is 2.28. The Balaban J connectivity index is 2.03. The van der Waals surface area contributed by atoms with Crippen LogP contribution in [0, 0.1) is 5.92 Å². The van der Waals surface area contributed by atoms with Crippen LogP contribution >= 0.6 is 0 Å². The summed E-state index contributed by atoms with van der Waals surface area (Å²) >= 11 is 0. The molecule has 116 valence electrons. The Kier molecular flexibility index (Phi) is 4.88. The summed E-state index contributed by atoms with van der Waals surface area (Å²) in [6.07, 6.45) is -4.46. The highest BCUT2D eigenvalue weighted by molar-refractivity contribution is 5.72. The minimum atomic E-state index is -4.19. The molecular formula is C15H18F3NO2. The van der Waals surface area contributed by atoms with Gasteiger partial charge in [-0.25, -0.2) is 0 Å². The Morgan fingerprint density at radius 3 is 2.52 bits per heavy atom. The summed E-state index contributed by atoms with van der Waals surface area (Å²) in [5, 5.41) is 3.17. The number of carbonyl (C=O) groups excluding carboxylic acids is 1. The van der Waals surface area contributed by atoms with E-state index in [4.69, 9.17) is 4.74 Å². The van der Waals surface area contributed by atoms with Gasteiger partial charge in [-0.1, -0.05) is 24.3 Å². The number of ether oxygens (including phenoxy) is 1. The fourth-order valence-electron chi connectivity index (χ4n) is 2.68. The van der Waals surface area contributed by atoms with Crippen molar-refractivity contribution in [3.63, 3.8) is 0 Å². The molecule has 1 N–H and O–H groups in total. The molecule has 2 atom stereocenters. The molecule has 2 rings (SSSR count). The molecule has 1 aromatic carbocycles. The highest BCUT2D eigenvalue weighted by Gasteiger charge is 2.29. The molecule has 21 heavy (non-hydrogen) atoms. The van der Waals surface area contributed by atoms with Crippen molar-refractivity contribution in [3.8, 4) is 0 Å². The summed E-state index contributed by atoms with van der Waals surface area (Å²) in [6, 6.07) is 6.44. The zero-order chi connectivity index (χ0) is 15.5. The number of esters is 1. The quantitative estimate of drug-likeness (QED) is 0.872. The van der Waals surface area contributed by atoms with Gasteiger partial charge < -0.3 is 10.1 Å². The van der Waals surface area contributed by atoms with Gasteiger partial charge >= 0.3 is 12.1 Å². The lowest BCUT2D eigenvalue weighted by atomic mass is 9.85. The zero-order valence-corrected chi connectivity index (χ0v) is 11.7. The third-order valence-electron chi connectivity index (χ3n) is 3.74. The third kappa shape index (κ3) is 4.46. The van der Waals surface area contributed by atoms with Crippen LogP contribution < -0.4 is 5.32 Å². The predicted molar refractivity (Wildman–Crippen MR) is 71.9 cm³/mol. The fraction of sp³-hybridized carbons (Fsp3) is 0.533. The van der Waals surface area contributed by atoms with E-state index in [1.165, 1.54) is 19.2 Å². The molecule has 0 amide bonds. The van der Waals surface area contributed by atoms with Gasteiger partial charge in [-0.3, -0.25) is 4.79 Å². The molecule has 1 heterocycles. The molecular weight excluding hydrogens is 283 g/mol. The van der Waals surface area contributed by atoms with Gasteiger partial charge in [0.2, 0.25) is 0 Å². The topological polar surface area (TPSA) is 38.3 Å². The first-order chi connectivity index (χ1) is 9.89. The molecule has 1 aromatic rings. The van der Waals surface area contributed by atoms with E-state index in [0.29, 0.717) is 19.5 Å². The molecule has 0 spiro atoms. The molecule has 1 aliphatic rings. The van der Waals surface area contributed by atoms with Crippen molar-refractivity contribution < 1.29 is 22.7 Å². The van der Waals surface area contributed by atoms with Crippen molar-refractivity contribution in [2.45, 2.75) is 24.9 Å². The van der Waals surface area contributed by atoms with Crippen LogP contribution in [0.2, 0.25) is 0 Å². The normalized spacial score (nSPS) is 22.9. The molecule has 0 bridgehead atoms. The predicted octanol–water partition coefficient (Wildman–Crippen LogP) is 2.66. The minimum absolute atomic E-state index is 0.114. The van der Waals surface area contributed by atoms with Crippen LogP contribution in [0.3, 0.4) is 0 Å². The summed E-state index contributed by atoms with van der Waals surface area (Å²) in [5.74, 6) is -0.340. The Labute approximate surface area is 121 Å². The lowest BCUT2D eigenvalue weighted by molar-refractivity contribution is -0.146. The first kappa shape index (κ1) is 15.8. The molecule has 1 fully saturated rings. The molecule has 6 heteroatoms. The number of carbonyl (C=O) groups is 1. The second-order valence-electron chi connectivity index (χ2n) is 5.34. The second-order valence-corrected chi connectivity index (χ2v) is 5.34. The lowest BCUT2D eigenvalue weighted by Gasteiger charge is -2.28. The van der Waals surface area contributed by atoms with Gasteiger partial charge in [-0.2, -0.15) is 13.2 Å². The summed E-state index contributed by atoms with van der Waals surface area (Å²) in [6.45, 7) is 1.29. The summed E-state index contributed by atoms with van der Waals surface area (Å²) in [5.41, 5.74) is 1.20. The van der Waals surface area contributed by atoms with Crippen LogP contribution in [0.4, 0.5) is 13.2 Å². The molecule has 2 unspecified atom stereocenters. The molecule has 0 aliphatic carbocycles. The molecule has 1 aliphatic heterocycles. The van der Waals surface area contributed by atoms with Gasteiger partial charge in [0.25, 0.3) is 0 Å². The van der Waals surface area contributed by atoms with E-state index >= 15 is 0 Å². The number of hydrogen-bond acceptors (Lipinski definition) is 3. The Bertz CT molecular complexity index is 485. The standard InChI is InChI=1S/C15H18F3NO2/c1-21-14(20)13-6-12(8-19-9-13)11-4-2-10(3-5-11)7-15(16,17)18/h2-5,12-13,19H,6-9H2,1H3. The smallest absolute Gasteiger partial charge is 0.393 e. The molecule has 1 saturated heterocycles. The zero-order valence-electron chi connectivity index (χ0n) is 11.7. The average Bonchev–Trinajstić information content (AvgIpc) is 2.45. The maximum atomic E-state index is 12.3. The number of halogens is 3. The first-order valence-corrected chi connectivity index (χ1v) is 6.83. The van der Waals surface area contributed by atoms with E-state index in [0.717, 1.165) is 5.56 Å². The number of nitrogens with one attached hydrogen (secondary N) is 1. The average molecular weight is 301 g/mol. The minimum Gasteiger partial charge on any atom is -0.469 e. The van der Waals surface area contributed by atoms with Gasteiger partial charge in [0.05, 0.1) is 19.4 Å². The van der Waals surface area contributed by atoms with Gasteiger partial charge in [0.15, 0.2) is 0 Å². The molecule has 0 saturated carbocycles. The van der Waals surface area contributed by atoms with Crippen molar-refractivity contribution in [2.24, 2.45) is 5.92 Å². The van der Waals surface area contributed by atoms with Crippen molar-refractivity contribution in [3.05, 3.63) is 35.4 Å². The Morgan fingerprint density at radius 2 is 1.95 bits per heavy atom. The summed E-state index contributed by atoms with van der Waals surface area (Å²) < 4.78 is 41.7. The Hall–Kier alpha value is -1.56. The van der Waals surface area contributed by atoms with Crippen LogP contribution in [0.1, 0.15) is 23.5 Å². The SMILES string of the molecule is COC(=O)C1CNCC(c2ccc(CC(F)(F)F)cc2)C1. The van der Waals surface area contributed by atoms with Crippen molar-refractivity contribution in [2.75, 3.05) is 20.2 Å². The Morgan fingerprint density at radius 1 is 1.29 bits per heavy atom. The number of alkyl halides is 3. The first-order valence-electron chi connectivity index (χ1n) is 6.83. The van der Waals surface area contributed by atoms with Crippen LogP contribution in [-0.2, 0) is 16.0 Å². The number of methoxy groups -OCH3 is 1. The van der Waals surface area contributed by atoms with E-state index in [-0.39, 0.29) is 23.4 Å². The maximum absolute atomic E-state index is 12.3. The largest absolute Gasteiger partial charge is 0.469 e. The number of piperidine rings is 1. The van der Waals surface area contributed by atoms with Gasteiger partial charge in [0.1, 0.15) is 0 Å². The summed E-state index contributed by atoms with van der Waals surface area (Å²) in [4.78, 5) is 11.6. The van der Waals surface area contributed by atoms with Gasteiger partial charge in [0, 0.05) is 13.1 Å². The lowest BCUT2D eigenvalue weighted by Crippen LogP contribution is -2.39. The summed E-state index contributed by atoms with van der Waals surface area (Å²) in [7, 11) is 1.36. The highest BCUT2D eigenvalue weighted by atomic mass is 19.4. The number of rotatable bonds is 3. The van der Waals surface area contributed by atoms with E-state index in [2.05, 4.69) is 5.32 Å². The molecule has 3 nitrogen and oxygen atoms in total. The van der Waals surface area contributed by atoms with E-state index in [1.54, 1.807) is 12.1 Å². The van der Waals surface area contributed by atoms with Crippen molar-refractivity contribution >= 4 is 5.97 Å². The van der Waals surface area contributed by atoms with Crippen LogP contribution in [-0.4, -0.2) is 32.3 Å². The second kappa shape index (κ2) is 6.47. The monoisotopic (exact) mass is 301 g/mol. The van der Waals surface area contributed by atoms with Crippen LogP contribution in [0.15, 0.2) is 24.3 Å². The van der Waals surface area contributed by atoms with Crippen LogP contribution in [0.5, 0.6) is 0 Å². The number of benzene rings is 1. The third-order valence-corrected chi connectivity index (χ3v) is 3.74. The van der Waals surface area contributed by atoms with Gasteiger partial charge in [-0.15, -0.1) is 0 Å². The van der Waals surface area contributed by atoms with Crippen molar-refractivity contribution in [1.82, 2.24) is 5.32 Å². The van der Waals surface area contributed by atoms with Crippen LogP contribution in [0.25, 0.3) is 0 Å². The van der Waals surface area contributed by atoms with Gasteiger partial charge in [-0.05, 0) is 23.5 Å². The number of hydrogen-bond donors (Lipinski definition) is 1. The van der Waals surface area contributed by atoms with E-state index in [9.17, 15) is 18.0 Å². The molecule has 0 aromatic heterocycles.